The van der Waals surface area contributed by atoms with Crippen LogP contribution in [-0.2, 0) is 14.3 Å². The Balaban J connectivity index is 4.16. The van der Waals surface area contributed by atoms with E-state index in [2.05, 4.69) is 10.6 Å². The molecule has 0 aliphatic rings. The van der Waals surface area contributed by atoms with E-state index in [0.717, 1.165) is 0 Å². The fourth-order valence-electron chi connectivity index (χ4n) is 0.918. The normalized spacial score (nSPS) is 14.4. The van der Waals surface area contributed by atoms with E-state index in [9.17, 15) is 14.4 Å². The average Bonchev–Trinajstić information content (AvgIpc) is 2.14. The summed E-state index contributed by atoms with van der Waals surface area (Å²) in [6, 6.07) is -1.48. The summed E-state index contributed by atoms with van der Waals surface area (Å²) in [5.74, 6) is -0.466. The summed E-state index contributed by atoms with van der Waals surface area (Å²) in [4.78, 5) is 33.0. The Morgan fingerprint density at radius 2 is 1.71 bits per heavy atom. The first-order valence-corrected chi connectivity index (χ1v) is 5.33. The third-order valence-electron chi connectivity index (χ3n) is 1.66. The second kappa shape index (κ2) is 6.22. The predicted molar refractivity (Wildman–Crippen MR) is 62.1 cm³/mol. The van der Waals surface area contributed by atoms with Gasteiger partial charge in [0.15, 0.2) is 0 Å². The molecule has 0 aromatic carbocycles. The lowest BCUT2D eigenvalue weighted by atomic mass is 10.2. The zero-order valence-electron chi connectivity index (χ0n) is 10.8. The van der Waals surface area contributed by atoms with Crippen molar-refractivity contribution in [3.8, 4) is 0 Å². The van der Waals surface area contributed by atoms with Gasteiger partial charge in [0.25, 0.3) is 0 Å². The number of hydrogen-bond donors (Lipinski definition) is 2. The highest BCUT2D eigenvalue weighted by atomic mass is 16.6. The van der Waals surface area contributed by atoms with Crippen molar-refractivity contribution in [2.45, 2.75) is 52.3 Å². The van der Waals surface area contributed by atoms with Crippen LogP contribution in [0.4, 0.5) is 4.79 Å². The molecule has 1 radical (unpaired) electrons. The molecule has 0 aromatic heterocycles. The molecule has 0 bridgehead atoms. The van der Waals surface area contributed by atoms with Crippen molar-refractivity contribution in [3.63, 3.8) is 0 Å². The Morgan fingerprint density at radius 1 is 1.18 bits per heavy atom. The van der Waals surface area contributed by atoms with Crippen LogP contribution in [0.25, 0.3) is 0 Å². The van der Waals surface area contributed by atoms with Gasteiger partial charge in [-0.15, -0.1) is 0 Å². The maximum absolute atomic E-state index is 11.5. The van der Waals surface area contributed by atoms with E-state index >= 15 is 0 Å². The average molecular weight is 243 g/mol. The number of rotatable bonds is 4. The molecule has 0 fully saturated rings. The van der Waals surface area contributed by atoms with Crippen LogP contribution in [0.3, 0.4) is 0 Å². The SMILES string of the molecule is CC([C]=O)NC(=O)C(C)NC(=O)OC(C)(C)C. The topological polar surface area (TPSA) is 84.5 Å². The number of hydrogen-bond acceptors (Lipinski definition) is 4. The van der Waals surface area contributed by atoms with E-state index in [4.69, 9.17) is 4.74 Å². The van der Waals surface area contributed by atoms with Gasteiger partial charge in [-0.3, -0.25) is 9.59 Å². The minimum Gasteiger partial charge on any atom is -0.444 e. The molecule has 2 atom stereocenters. The molecular formula is C11H19N2O4. The molecule has 17 heavy (non-hydrogen) atoms. The van der Waals surface area contributed by atoms with Crippen LogP contribution in [0.5, 0.6) is 0 Å². The van der Waals surface area contributed by atoms with E-state index in [1.165, 1.54) is 13.8 Å². The maximum atomic E-state index is 11.5. The highest BCUT2D eigenvalue weighted by Crippen LogP contribution is 2.06. The number of ether oxygens (including phenoxy) is 1. The van der Waals surface area contributed by atoms with Crippen LogP contribution in [0.15, 0.2) is 0 Å². The van der Waals surface area contributed by atoms with Crippen molar-refractivity contribution >= 4 is 18.3 Å². The molecule has 0 heterocycles. The zero-order valence-corrected chi connectivity index (χ0v) is 10.8. The standard InChI is InChI=1S/C11H19N2O4/c1-7(6-14)12-9(15)8(2)13-10(16)17-11(3,4)5/h7-8H,1-5H3,(H,12,15)(H,13,16). The maximum Gasteiger partial charge on any atom is 0.408 e. The highest BCUT2D eigenvalue weighted by molar-refractivity contribution is 5.87. The van der Waals surface area contributed by atoms with Gasteiger partial charge in [0.05, 0.1) is 6.04 Å². The molecule has 2 N–H and O–H groups in total. The lowest BCUT2D eigenvalue weighted by Crippen LogP contribution is -2.48. The summed E-state index contributed by atoms with van der Waals surface area (Å²) in [6.07, 6.45) is 0.938. The van der Waals surface area contributed by atoms with E-state index in [0.29, 0.717) is 0 Å². The minimum absolute atomic E-state index is 0.466. The van der Waals surface area contributed by atoms with Gasteiger partial charge in [-0.2, -0.15) is 0 Å². The Kier molecular flexibility index (Phi) is 5.64. The Labute approximate surface area is 101 Å². The van der Waals surface area contributed by atoms with Crippen LogP contribution < -0.4 is 10.6 Å². The van der Waals surface area contributed by atoms with Gasteiger partial charge < -0.3 is 15.4 Å². The summed E-state index contributed by atoms with van der Waals surface area (Å²) in [5.41, 5.74) is -0.621. The van der Waals surface area contributed by atoms with Crippen molar-refractivity contribution in [2.24, 2.45) is 0 Å². The molecule has 0 aromatic rings. The van der Waals surface area contributed by atoms with Crippen molar-refractivity contribution in [3.05, 3.63) is 0 Å². The van der Waals surface area contributed by atoms with Crippen molar-refractivity contribution < 1.29 is 19.1 Å². The van der Waals surface area contributed by atoms with Crippen molar-refractivity contribution in [2.75, 3.05) is 0 Å². The fourth-order valence-corrected chi connectivity index (χ4v) is 0.918. The Hall–Kier alpha value is -1.59. The molecule has 2 amide bonds. The second-order valence-electron chi connectivity index (χ2n) is 4.72. The molecule has 0 spiro atoms. The molecule has 0 rings (SSSR count). The molecule has 0 saturated heterocycles. The third kappa shape index (κ3) is 7.32. The number of amides is 2. The van der Waals surface area contributed by atoms with Crippen LogP contribution >= 0.6 is 0 Å². The predicted octanol–water partition coefficient (Wildman–Crippen LogP) is 0.514. The van der Waals surface area contributed by atoms with Gasteiger partial charge in [0.1, 0.15) is 11.6 Å². The zero-order chi connectivity index (χ0) is 13.6. The second-order valence-corrected chi connectivity index (χ2v) is 4.72. The lowest BCUT2D eigenvalue weighted by molar-refractivity contribution is -0.123. The number of carbonyl (C=O) groups excluding carboxylic acids is 3. The first-order chi connectivity index (χ1) is 7.65. The molecule has 6 heteroatoms. The van der Waals surface area contributed by atoms with Crippen LogP contribution in [0.2, 0.25) is 0 Å². The van der Waals surface area contributed by atoms with E-state index in [1.54, 1.807) is 27.1 Å². The van der Waals surface area contributed by atoms with E-state index in [-0.39, 0.29) is 0 Å². The molecule has 0 aliphatic heterocycles. The van der Waals surface area contributed by atoms with E-state index < -0.39 is 29.7 Å². The minimum atomic E-state index is -0.777. The third-order valence-corrected chi connectivity index (χ3v) is 1.66. The quantitative estimate of drug-likeness (QED) is 0.753. The summed E-state index contributed by atoms with van der Waals surface area (Å²) in [7, 11) is 0. The molecule has 97 valence electrons. The first kappa shape index (κ1) is 15.4. The van der Waals surface area contributed by atoms with Gasteiger partial charge in [-0.25, -0.2) is 4.79 Å². The molecular weight excluding hydrogens is 224 g/mol. The fraction of sp³-hybridized carbons (Fsp3) is 0.727. The monoisotopic (exact) mass is 243 g/mol. The lowest BCUT2D eigenvalue weighted by Gasteiger charge is -2.21. The summed E-state index contributed by atoms with van der Waals surface area (Å²) in [5, 5.41) is 4.73. The van der Waals surface area contributed by atoms with Gasteiger partial charge in [-0.05, 0) is 34.6 Å². The van der Waals surface area contributed by atoms with Gasteiger partial charge >= 0.3 is 6.09 Å². The van der Waals surface area contributed by atoms with Crippen LogP contribution in [-0.4, -0.2) is 36.0 Å². The molecule has 0 saturated carbocycles. The van der Waals surface area contributed by atoms with Crippen molar-refractivity contribution in [1.29, 1.82) is 0 Å². The Morgan fingerprint density at radius 3 is 2.12 bits per heavy atom. The van der Waals surface area contributed by atoms with Crippen LogP contribution in [0, 0.1) is 0 Å². The highest BCUT2D eigenvalue weighted by Gasteiger charge is 2.21. The van der Waals surface area contributed by atoms with Crippen LogP contribution in [0.1, 0.15) is 34.6 Å². The molecule has 2 unspecified atom stereocenters. The van der Waals surface area contributed by atoms with Crippen molar-refractivity contribution in [1.82, 2.24) is 10.6 Å². The van der Waals surface area contributed by atoms with E-state index in [1.807, 2.05) is 0 Å². The summed E-state index contributed by atoms with van der Waals surface area (Å²) >= 11 is 0. The molecule has 0 aliphatic carbocycles. The number of nitrogens with one attached hydrogen (secondary N) is 2. The number of alkyl carbamates (subject to hydrolysis) is 1. The first-order valence-electron chi connectivity index (χ1n) is 5.33. The van der Waals surface area contributed by atoms with Gasteiger partial charge in [0.2, 0.25) is 12.2 Å². The molecule has 6 nitrogen and oxygen atoms in total. The Bertz CT molecular complexity index is 296. The summed E-state index contributed by atoms with van der Waals surface area (Å²) in [6.45, 7) is 8.16. The smallest absolute Gasteiger partial charge is 0.408 e. The van der Waals surface area contributed by atoms with Gasteiger partial charge in [-0.1, -0.05) is 0 Å². The number of carbonyl (C=O) groups is 2. The van der Waals surface area contributed by atoms with Gasteiger partial charge in [0, 0.05) is 0 Å². The largest absolute Gasteiger partial charge is 0.444 e. The summed E-state index contributed by atoms with van der Waals surface area (Å²) < 4.78 is 4.98.